The van der Waals surface area contributed by atoms with Crippen LogP contribution in [-0.4, -0.2) is 24.4 Å². The van der Waals surface area contributed by atoms with Crippen LogP contribution < -0.4 is 9.47 Å². The molecule has 0 aliphatic rings. The van der Waals surface area contributed by atoms with Crippen LogP contribution in [0.4, 0.5) is 0 Å². The topological polar surface area (TPSA) is 47.1 Å². The second-order valence-corrected chi connectivity index (χ2v) is 6.15. The Bertz CT molecular complexity index is 831. The van der Waals surface area contributed by atoms with Crippen molar-refractivity contribution in [3.05, 3.63) is 52.0 Å². The van der Waals surface area contributed by atoms with E-state index in [1.165, 1.54) is 0 Å². The number of rotatable bonds is 4. The molecule has 1 heterocycles. The molecule has 6 heteroatoms. The fourth-order valence-corrected chi connectivity index (χ4v) is 2.93. The summed E-state index contributed by atoms with van der Waals surface area (Å²) < 4.78 is 11.6. The van der Waals surface area contributed by atoms with E-state index in [9.17, 15) is 0 Å². The predicted octanol–water partition coefficient (Wildman–Crippen LogP) is 5.18. The number of ether oxygens (including phenoxy) is 2. The number of methoxy groups -OCH3 is 2. The molecule has 0 saturated heterocycles. The first-order valence-corrected chi connectivity index (χ1v) is 8.02. The summed E-state index contributed by atoms with van der Waals surface area (Å²) in [6.07, 6.45) is 0. The molecule has 0 spiro atoms. The Labute approximate surface area is 147 Å². The summed E-state index contributed by atoms with van der Waals surface area (Å²) >= 11 is 9.42. The summed E-state index contributed by atoms with van der Waals surface area (Å²) in [6, 6.07) is 13.3. The van der Waals surface area contributed by atoms with E-state index in [1.807, 2.05) is 42.5 Å². The van der Waals surface area contributed by atoms with Crippen molar-refractivity contribution in [2.24, 2.45) is 0 Å². The maximum absolute atomic E-state index is 5.92. The van der Waals surface area contributed by atoms with Crippen molar-refractivity contribution in [1.82, 2.24) is 10.2 Å². The van der Waals surface area contributed by atoms with E-state index in [2.05, 4.69) is 26.1 Å². The Kier molecular flexibility index (Phi) is 4.59. The van der Waals surface area contributed by atoms with Gasteiger partial charge in [-0.05, 0) is 40.2 Å². The third-order valence-corrected chi connectivity index (χ3v) is 4.35. The molecule has 0 atom stereocenters. The van der Waals surface area contributed by atoms with Crippen LogP contribution in [0.15, 0.2) is 46.9 Å². The Hall–Kier alpha value is -1.98. The van der Waals surface area contributed by atoms with Crippen molar-refractivity contribution in [3.8, 4) is 34.0 Å². The van der Waals surface area contributed by atoms with E-state index in [0.29, 0.717) is 16.5 Å². The minimum atomic E-state index is 0.699. The summed E-state index contributed by atoms with van der Waals surface area (Å²) in [6.45, 7) is 0. The molecule has 0 radical (unpaired) electrons. The standard InChI is InChI=1S/C17H14BrClN2O2/c1-22-16-9-17(23-2)13(18)7-12(16)15-8-14(20-21-15)10-3-5-11(19)6-4-10/h3-9H,1-2H3,(H,20,21). The lowest BCUT2D eigenvalue weighted by molar-refractivity contribution is 0.393. The third kappa shape index (κ3) is 3.21. The number of halogens is 2. The van der Waals surface area contributed by atoms with Gasteiger partial charge in [0, 0.05) is 22.2 Å². The van der Waals surface area contributed by atoms with Gasteiger partial charge in [0.15, 0.2) is 0 Å². The van der Waals surface area contributed by atoms with Crippen LogP contribution >= 0.6 is 27.5 Å². The molecule has 3 aromatic rings. The number of aromatic nitrogens is 2. The van der Waals surface area contributed by atoms with Crippen LogP contribution in [0, 0.1) is 0 Å². The van der Waals surface area contributed by atoms with Crippen molar-refractivity contribution in [2.45, 2.75) is 0 Å². The molecule has 1 aromatic heterocycles. The molecule has 4 nitrogen and oxygen atoms in total. The monoisotopic (exact) mass is 392 g/mol. The van der Waals surface area contributed by atoms with E-state index in [-0.39, 0.29) is 0 Å². The van der Waals surface area contributed by atoms with Crippen molar-refractivity contribution in [2.75, 3.05) is 14.2 Å². The second-order valence-electron chi connectivity index (χ2n) is 4.86. The van der Waals surface area contributed by atoms with Gasteiger partial charge < -0.3 is 9.47 Å². The Morgan fingerprint density at radius 1 is 1.00 bits per heavy atom. The van der Waals surface area contributed by atoms with Crippen LogP contribution in [0.3, 0.4) is 0 Å². The molecule has 0 saturated carbocycles. The van der Waals surface area contributed by atoms with Gasteiger partial charge in [-0.2, -0.15) is 5.10 Å². The molecule has 118 valence electrons. The lowest BCUT2D eigenvalue weighted by atomic mass is 10.1. The molecule has 3 rings (SSSR count). The first kappa shape index (κ1) is 15.9. The van der Waals surface area contributed by atoms with Gasteiger partial charge >= 0.3 is 0 Å². The zero-order valence-electron chi connectivity index (χ0n) is 12.6. The Morgan fingerprint density at radius 3 is 2.35 bits per heavy atom. The zero-order valence-corrected chi connectivity index (χ0v) is 14.9. The number of aromatic amines is 1. The van der Waals surface area contributed by atoms with Crippen LogP contribution in [-0.2, 0) is 0 Å². The fraction of sp³-hybridized carbons (Fsp3) is 0.118. The number of benzene rings is 2. The molecule has 1 N–H and O–H groups in total. The molecule has 2 aromatic carbocycles. The van der Waals surface area contributed by atoms with Crippen molar-refractivity contribution in [3.63, 3.8) is 0 Å². The highest BCUT2D eigenvalue weighted by Gasteiger charge is 2.14. The lowest BCUT2D eigenvalue weighted by Gasteiger charge is -2.10. The van der Waals surface area contributed by atoms with Gasteiger partial charge in [-0.15, -0.1) is 0 Å². The number of hydrogen-bond acceptors (Lipinski definition) is 3. The van der Waals surface area contributed by atoms with Crippen molar-refractivity contribution in [1.29, 1.82) is 0 Å². The maximum Gasteiger partial charge on any atom is 0.136 e. The predicted molar refractivity (Wildman–Crippen MR) is 95.3 cm³/mol. The summed E-state index contributed by atoms with van der Waals surface area (Å²) in [7, 11) is 3.25. The van der Waals surface area contributed by atoms with E-state index < -0.39 is 0 Å². The number of nitrogens with zero attached hydrogens (tertiary/aromatic N) is 1. The molecule has 23 heavy (non-hydrogen) atoms. The second kappa shape index (κ2) is 6.64. The van der Waals surface area contributed by atoms with Crippen molar-refractivity contribution >= 4 is 27.5 Å². The number of H-pyrrole nitrogens is 1. The summed E-state index contributed by atoms with van der Waals surface area (Å²) in [5.41, 5.74) is 3.58. The largest absolute Gasteiger partial charge is 0.496 e. The number of nitrogens with one attached hydrogen (secondary N) is 1. The average Bonchev–Trinajstić information content (AvgIpc) is 3.05. The minimum absolute atomic E-state index is 0.699. The third-order valence-electron chi connectivity index (χ3n) is 3.48. The first-order valence-electron chi connectivity index (χ1n) is 6.85. The van der Waals surface area contributed by atoms with Gasteiger partial charge in [0.1, 0.15) is 11.5 Å². The Balaban J connectivity index is 2.03. The molecule has 0 bridgehead atoms. The minimum Gasteiger partial charge on any atom is -0.496 e. The van der Waals surface area contributed by atoms with Gasteiger partial charge in [-0.25, -0.2) is 0 Å². The molecular formula is C17H14BrClN2O2. The first-order chi connectivity index (χ1) is 11.1. The molecular weight excluding hydrogens is 380 g/mol. The van der Waals surface area contributed by atoms with Gasteiger partial charge in [-0.3, -0.25) is 5.10 Å². The fourth-order valence-electron chi connectivity index (χ4n) is 2.30. The van der Waals surface area contributed by atoms with Crippen LogP contribution in [0.25, 0.3) is 22.5 Å². The summed E-state index contributed by atoms with van der Waals surface area (Å²) in [4.78, 5) is 0. The van der Waals surface area contributed by atoms with E-state index >= 15 is 0 Å². The molecule has 0 aliphatic carbocycles. The lowest BCUT2D eigenvalue weighted by Crippen LogP contribution is -1.92. The van der Waals surface area contributed by atoms with Crippen LogP contribution in [0.1, 0.15) is 0 Å². The molecule has 0 fully saturated rings. The van der Waals surface area contributed by atoms with Gasteiger partial charge in [0.25, 0.3) is 0 Å². The Morgan fingerprint density at radius 2 is 1.70 bits per heavy atom. The maximum atomic E-state index is 5.92. The van der Waals surface area contributed by atoms with Gasteiger partial charge in [-0.1, -0.05) is 23.7 Å². The van der Waals surface area contributed by atoms with Crippen LogP contribution in [0.5, 0.6) is 11.5 Å². The number of hydrogen-bond donors (Lipinski definition) is 1. The average molecular weight is 394 g/mol. The van der Waals surface area contributed by atoms with E-state index in [1.54, 1.807) is 14.2 Å². The highest BCUT2D eigenvalue weighted by atomic mass is 79.9. The normalized spacial score (nSPS) is 10.6. The molecule has 0 aliphatic heterocycles. The quantitative estimate of drug-likeness (QED) is 0.664. The smallest absolute Gasteiger partial charge is 0.136 e. The summed E-state index contributed by atoms with van der Waals surface area (Å²) in [5.74, 6) is 1.42. The van der Waals surface area contributed by atoms with Crippen molar-refractivity contribution < 1.29 is 9.47 Å². The SMILES string of the molecule is COc1cc(OC)c(-c2cc(-c3ccc(Cl)cc3)n[nH]2)cc1Br. The summed E-state index contributed by atoms with van der Waals surface area (Å²) in [5, 5.41) is 8.12. The van der Waals surface area contributed by atoms with E-state index in [4.69, 9.17) is 21.1 Å². The zero-order chi connectivity index (χ0) is 16.4. The highest BCUT2D eigenvalue weighted by molar-refractivity contribution is 9.10. The molecule has 0 unspecified atom stereocenters. The molecule has 0 amide bonds. The highest BCUT2D eigenvalue weighted by Crippen LogP contribution is 2.38. The van der Waals surface area contributed by atoms with E-state index in [0.717, 1.165) is 27.0 Å². The van der Waals surface area contributed by atoms with Crippen LogP contribution in [0.2, 0.25) is 5.02 Å². The van der Waals surface area contributed by atoms with Gasteiger partial charge in [0.2, 0.25) is 0 Å². The van der Waals surface area contributed by atoms with Gasteiger partial charge in [0.05, 0.1) is 30.1 Å².